The molecule has 90 valence electrons. The third kappa shape index (κ3) is 6.46. The summed E-state index contributed by atoms with van der Waals surface area (Å²) in [5.74, 6) is 0. The van der Waals surface area contributed by atoms with E-state index in [-0.39, 0.29) is 24.8 Å². The van der Waals surface area contributed by atoms with Crippen LogP contribution in [0, 0.1) is 6.57 Å². The third-order valence-corrected chi connectivity index (χ3v) is 1.51. The Morgan fingerprint density at radius 2 is 1.75 bits per heavy atom. The van der Waals surface area contributed by atoms with Crippen molar-refractivity contribution in [3.8, 4) is 0 Å². The smallest absolute Gasteiger partial charge is 0.287 e. The lowest BCUT2D eigenvalue weighted by molar-refractivity contribution is -0.986. The molecule has 4 nitrogen and oxygen atoms in total. The summed E-state index contributed by atoms with van der Waals surface area (Å²) >= 11 is 0. The fourth-order valence-corrected chi connectivity index (χ4v) is 0.805. The quantitative estimate of drug-likeness (QED) is 0.231. The summed E-state index contributed by atoms with van der Waals surface area (Å²) in [5, 5.41) is 0. The summed E-state index contributed by atoms with van der Waals surface area (Å²) in [6.45, 7) is 7.37. The van der Waals surface area contributed by atoms with Crippen molar-refractivity contribution in [3.05, 3.63) is 35.9 Å². The minimum Gasteiger partial charge on any atom is -1.00 e. The molecule has 0 saturated carbocycles. The Morgan fingerprint density at radius 3 is 2.12 bits per heavy atom. The Bertz CT molecular complexity index is 341. The van der Waals surface area contributed by atoms with Gasteiger partial charge in [-0.3, -0.25) is 4.48 Å². The van der Waals surface area contributed by atoms with Crippen LogP contribution in [0.15, 0.2) is 24.5 Å². The van der Waals surface area contributed by atoms with Gasteiger partial charge in [0.25, 0.3) is 6.73 Å². The fourth-order valence-electron chi connectivity index (χ4n) is 0.805. The van der Waals surface area contributed by atoms with Gasteiger partial charge in [-0.2, -0.15) is 0 Å². The average Bonchev–Trinajstić information content (AvgIpc) is 2.14. The summed E-state index contributed by atoms with van der Waals surface area (Å²) in [6.07, 6.45) is 3.48. The fraction of sp³-hybridized carbons (Fsp3) is 0.400. The van der Waals surface area contributed by atoms with Crippen LogP contribution in [0.4, 0.5) is 5.69 Å². The molecule has 16 heavy (non-hydrogen) atoms. The molecule has 0 unspecified atom stereocenters. The highest BCUT2D eigenvalue weighted by Gasteiger charge is 2.11. The monoisotopic (exact) mass is 263 g/mol. The molecule has 0 aliphatic carbocycles. The van der Waals surface area contributed by atoms with Crippen LogP contribution in [0.25, 0.3) is 4.85 Å². The molecular weight excluding hydrogens is 249 g/mol. The average molecular weight is 264 g/mol. The maximum Gasteiger partial charge on any atom is 0.287 e. The van der Waals surface area contributed by atoms with Crippen molar-refractivity contribution in [2.75, 3.05) is 27.9 Å². The second-order valence-corrected chi connectivity index (χ2v) is 4.08. The number of hydrogen-bond donors (Lipinski definition) is 0. The van der Waals surface area contributed by atoms with Crippen LogP contribution in [0.1, 0.15) is 0 Å². The largest absolute Gasteiger partial charge is 1.00 e. The van der Waals surface area contributed by atoms with E-state index in [4.69, 9.17) is 11.4 Å². The molecule has 0 bridgehead atoms. The van der Waals surface area contributed by atoms with Crippen molar-refractivity contribution >= 4 is 5.69 Å². The molecular formula is C10H15Cl2N3O. The number of hydrogen-bond acceptors (Lipinski definition) is 1. The lowest BCUT2D eigenvalue weighted by Gasteiger charge is -2.19. The van der Waals surface area contributed by atoms with Gasteiger partial charge in [0.2, 0.25) is 12.4 Å². The van der Waals surface area contributed by atoms with Gasteiger partial charge in [0, 0.05) is 16.9 Å². The first kappa shape index (κ1) is 17.4. The van der Waals surface area contributed by atoms with Crippen molar-refractivity contribution in [2.45, 2.75) is 0 Å². The summed E-state index contributed by atoms with van der Waals surface area (Å²) in [5.41, 5.74) is 0.620. The predicted molar refractivity (Wildman–Crippen MR) is 52.4 cm³/mol. The molecule has 1 aromatic heterocycles. The maximum atomic E-state index is 6.79. The lowest BCUT2D eigenvalue weighted by atomic mass is 10.4. The van der Waals surface area contributed by atoms with E-state index in [1.165, 1.54) is 0 Å². The van der Waals surface area contributed by atoms with Gasteiger partial charge in [-0.15, -0.1) is 0 Å². The van der Waals surface area contributed by atoms with Gasteiger partial charge in [-0.25, -0.2) is 9.68 Å². The highest BCUT2D eigenvalue weighted by Crippen LogP contribution is 2.05. The van der Waals surface area contributed by atoms with Gasteiger partial charge in [0.1, 0.15) is 0 Å². The number of aromatic nitrogens is 1. The van der Waals surface area contributed by atoms with E-state index in [2.05, 4.69) is 4.85 Å². The molecule has 1 heterocycles. The first-order chi connectivity index (χ1) is 6.51. The van der Waals surface area contributed by atoms with Crippen molar-refractivity contribution < 1.29 is 38.9 Å². The first-order valence-corrected chi connectivity index (χ1v) is 4.34. The van der Waals surface area contributed by atoms with Gasteiger partial charge >= 0.3 is 0 Å². The van der Waals surface area contributed by atoms with Crippen LogP contribution in [0.2, 0.25) is 0 Å². The number of nitrogens with zero attached hydrogens (tertiary/aromatic N) is 3. The number of quaternary nitrogens is 1. The maximum absolute atomic E-state index is 6.79. The second kappa shape index (κ2) is 7.29. The van der Waals surface area contributed by atoms with Crippen molar-refractivity contribution in [3.63, 3.8) is 0 Å². The Labute approximate surface area is 109 Å². The molecule has 0 amide bonds. The van der Waals surface area contributed by atoms with Crippen LogP contribution in [-0.2, 0) is 0 Å². The Balaban J connectivity index is 0. The SMILES string of the molecule is [C-]#[N+]c1cc[n+](OC[N+](C)(C)C)cc1.[Cl-].[Cl-]. The Hall–Kier alpha value is -1.02. The Morgan fingerprint density at radius 1 is 1.25 bits per heavy atom. The highest BCUT2D eigenvalue weighted by atomic mass is 35.5. The van der Waals surface area contributed by atoms with E-state index in [1.54, 1.807) is 29.3 Å². The van der Waals surface area contributed by atoms with Gasteiger partial charge < -0.3 is 24.8 Å². The minimum absolute atomic E-state index is 0. The molecule has 0 fully saturated rings. The zero-order chi connectivity index (χ0) is 10.6. The molecule has 0 atom stereocenters. The van der Waals surface area contributed by atoms with Gasteiger partial charge in [-0.1, -0.05) is 0 Å². The standard InChI is InChI=1S/C10H15N3O.2ClH/c1-11-10-5-7-12(8-6-10)14-9-13(2,3)4;;/h5-8H,9H2,2-4H3;2*1H/q+2;;/p-2. The molecule has 0 spiro atoms. The first-order valence-electron chi connectivity index (χ1n) is 4.34. The van der Waals surface area contributed by atoms with Crippen LogP contribution < -0.4 is 34.4 Å². The summed E-state index contributed by atoms with van der Waals surface area (Å²) < 4.78 is 2.34. The lowest BCUT2D eigenvalue weighted by Crippen LogP contribution is -3.00. The van der Waals surface area contributed by atoms with E-state index in [0.717, 1.165) is 4.48 Å². The zero-order valence-electron chi connectivity index (χ0n) is 9.52. The Kier molecular flexibility index (Phi) is 7.91. The summed E-state index contributed by atoms with van der Waals surface area (Å²) in [6, 6.07) is 3.45. The molecule has 0 aliphatic heterocycles. The molecule has 6 heteroatoms. The number of halogens is 2. The third-order valence-electron chi connectivity index (χ3n) is 1.51. The molecule has 0 N–H and O–H groups in total. The summed E-state index contributed by atoms with van der Waals surface area (Å²) in [7, 11) is 6.15. The van der Waals surface area contributed by atoms with Gasteiger partial charge in [0.05, 0.1) is 27.7 Å². The minimum atomic E-state index is 0. The molecule has 1 aromatic rings. The zero-order valence-corrected chi connectivity index (χ0v) is 11.0. The van der Waals surface area contributed by atoms with Crippen LogP contribution in [0.5, 0.6) is 0 Å². The predicted octanol–water partition coefficient (Wildman–Crippen LogP) is -5.37. The van der Waals surface area contributed by atoms with Crippen molar-refractivity contribution in [2.24, 2.45) is 0 Å². The second-order valence-electron chi connectivity index (χ2n) is 4.08. The number of rotatable bonds is 3. The van der Waals surface area contributed by atoms with E-state index in [9.17, 15) is 0 Å². The molecule has 0 radical (unpaired) electrons. The molecule has 0 saturated heterocycles. The van der Waals surface area contributed by atoms with Crippen molar-refractivity contribution in [1.29, 1.82) is 0 Å². The van der Waals surface area contributed by atoms with E-state index in [1.807, 2.05) is 21.1 Å². The molecule has 1 rings (SSSR count). The van der Waals surface area contributed by atoms with Gasteiger partial charge in [-0.05, 0) is 0 Å². The van der Waals surface area contributed by atoms with Crippen LogP contribution in [-0.4, -0.2) is 32.4 Å². The summed E-state index contributed by atoms with van der Waals surface area (Å²) in [4.78, 5) is 8.75. The molecule has 0 aromatic carbocycles. The normalized spacial score (nSPS) is 9.38. The van der Waals surface area contributed by atoms with Gasteiger partial charge in [0.15, 0.2) is 5.69 Å². The highest BCUT2D eigenvalue weighted by molar-refractivity contribution is 5.40. The number of pyridine rings is 1. The van der Waals surface area contributed by atoms with Crippen LogP contribution >= 0.6 is 0 Å². The van der Waals surface area contributed by atoms with E-state index in [0.29, 0.717) is 12.4 Å². The van der Waals surface area contributed by atoms with Crippen molar-refractivity contribution in [1.82, 2.24) is 0 Å². The topological polar surface area (TPSA) is 17.5 Å². The van der Waals surface area contributed by atoms with E-state index < -0.39 is 0 Å². The van der Waals surface area contributed by atoms with Crippen LogP contribution in [0.3, 0.4) is 0 Å². The van der Waals surface area contributed by atoms with E-state index >= 15 is 0 Å². The molecule has 0 aliphatic rings.